The first-order chi connectivity index (χ1) is 10.7. The minimum Gasteiger partial charge on any atom is -0.493 e. The molecule has 0 aromatic heterocycles. The first kappa shape index (κ1) is 16.7. The fourth-order valence-electron chi connectivity index (χ4n) is 2.51. The number of hydrogen-bond acceptors (Lipinski definition) is 3. The van der Waals surface area contributed by atoms with Crippen molar-refractivity contribution in [1.29, 1.82) is 0 Å². The summed E-state index contributed by atoms with van der Waals surface area (Å²) in [6, 6.07) is 7.29. The average Bonchev–Trinajstić information content (AvgIpc) is 2.82. The van der Waals surface area contributed by atoms with Crippen molar-refractivity contribution in [1.82, 2.24) is 10.2 Å². The van der Waals surface area contributed by atoms with Crippen LogP contribution >= 0.6 is 12.2 Å². The summed E-state index contributed by atoms with van der Waals surface area (Å²) in [6.07, 6.45) is 5.64. The van der Waals surface area contributed by atoms with E-state index in [4.69, 9.17) is 17.0 Å². The van der Waals surface area contributed by atoms with Crippen molar-refractivity contribution in [3.63, 3.8) is 0 Å². The third-order valence-corrected chi connectivity index (χ3v) is 4.07. The van der Waals surface area contributed by atoms with Crippen molar-refractivity contribution in [3.8, 4) is 5.75 Å². The van der Waals surface area contributed by atoms with E-state index in [-0.39, 0.29) is 5.91 Å². The molecule has 0 unspecified atom stereocenters. The molecule has 5 heteroatoms. The van der Waals surface area contributed by atoms with Gasteiger partial charge in [0, 0.05) is 13.1 Å². The minimum absolute atomic E-state index is 0.194. The van der Waals surface area contributed by atoms with Crippen molar-refractivity contribution in [3.05, 3.63) is 29.8 Å². The standard InChI is InChI=1S/C17H24N2O2S/c1-2-13-21-15-10-6-5-9-14(15)16(20)18-17(22)19-11-7-3-4-8-12-19/h5-6,9-10H,2-4,7-8,11-13H2,1H3,(H,18,20,22). The summed E-state index contributed by atoms with van der Waals surface area (Å²) in [7, 11) is 0. The summed E-state index contributed by atoms with van der Waals surface area (Å²) in [4.78, 5) is 14.6. The maximum atomic E-state index is 12.5. The number of nitrogens with zero attached hydrogens (tertiary/aromatic N) is 1. The number of para-hydroxylation sites is 1. The lowest BCUT2D eigenvalue weighted by molar-refractivity contribution is 0.0969. The Hall–Kier alpha value is -1.62. The number of nitrogens with one attached hydrogen (secondary N) is 1. The zero-order valence-corrected chi connectivity index (χ0v) is 14.0. The van der Waals surface area contributed by atoms with Gasteiger partial charge in [-0.25, -0.2) is 0 Å². The number of benzene rings is 1. The van der Waals surface area contributed by atoms with Crippen LogP contribution in [0.15, 0.2) is 24.3 Å². The van der Waals surface area contributed by atoms with E-state index in [1.54, 1.807) is 6.07 Å². The Morgan fingerprint density at radius 3 is 2.59 bits per heavy atom. The molecule has 1 N–H and O–H groups in total. The van der Waals surface area contributed by atoms with Crippen molar-refractivity contribution >= 4 is 23.2 Å². The number of amides is 1. The summed E-state index contributed by atoms with van der Waals surface area (Å²) < 4.78 is 5.64. The molecule has 1 aliphatic rings. The van der Waals surface area contributed by atoms with E-state index in [1.807, 2.05) is 25.1 Å². The molecule has 1 fully saturated rings. The summed E-state index contributed by atoms with van der Waals surface area (Å²) in [5.74, 6) is 0.418. The fourth-order valence-corrected chi connectivity index (χ4v) is 2.78. The van der Waals surface area contributed by atoms with Crippen LogP contribution in [-0.4, -0.2) is 35.6 Å². The largest absolute Gasteiger partial charge is 0.493 e. The van der Waals surface area contributed by atoms with Crippen LogP contribution in [0.25, 0.3) is 0 Å². The van der Waals surface area contributed by atoms with E-state index < -0.39 is 0 Å². The maximum absolute atomic E-state index is 12.5. The Bertz CT molecular complexity index is 511. The number of thiocarbonyl (C=S) groups is 1. The van der Waals surface area contributed by atoms with Crippen LogP contribution in [0.4, 0.5) is 0 Å². The van der Waals surface area contributed by atoms with Crippen LogP contribution in [0.1, 0.15) is 49.4 Å². The highest BCUT2D eigenvalue weighted by Gasteiger charge is 2.17. The molecule has 0 spiro atoms. The van der Waals surface area contributed by atoms with Crippen molar-refractivity contribution in [2.45, 2.75) is 39.0 Å². The third-order valence-electron chi connectivity index (χ3n) is 3.71. The first-order valence-electron chi connectivity index (χ1n) is 8.04. The first-order valence-corrected chi connectivity index (χ1v) is 8.45. The molecule has 0 bridgehead atoms. The molecule has 4 nitrogen and oxygen atoms in total. The highest BCUT2D eigenvalue weighted by Crippen LogP contribution is 2.18. The van der Waals surface area contributed by atoms with E-state index in [9.17, 15) is 4.79 Å². The van der Waals surface area contributed by atoms with Gasteiger partial charge >= 0.3 is 0 Å². The molecule has 0 saturated carbocycles. The second kappa shape index (κ2) is 8.73. The summed E-state index contributed by atoms with van der Waals surface area (Å²) in [5, 5.41) is 3.37. The van der Waals surface area contributed by atoms with Crippen molar-refractivity contribution in [2.24, 2.45) is 0 Å². The normalized spacial score (nSPS) is 15.0. The molecule has 1 saturated heterocycles. The average molecular weight is 320 g/mol. The number of ether oxygens (including phenoxy) is 1. The van der Waals surface area contributed by atoms with E-state index in [2.05, 4.69) is 10.2 Å². The van der Waals surface area contributed by atoms with Gasteiger partial charge in [-0.2, -0.15) is 0 Å². The van der Waals surface area contributed by atoms with Gasteiger partial charge in [0.15, 0.2) is 5.11 Å². The lowest BCUT2D eigenvalue weighted by Gasteiger charge is -2.23. The lowest BCUT2D eigenvalue weighted by Crippen LogP contribution is -2.43. The number of rotatable bonds is 4. The molecule has 0 radical (unpaired) electrons. The van der Waals surface area contributed by atoms with Crippen LogP contribution in [0.3, 0.4) is 0 Å². The van der Waals surface area contributed by atoms with Crippen LogP contribution in [0, 0.1) is 0 Å². The predicted molar refractivity (Wildman–Crippen MR) is 92.3 cm³/mol. The van der Waals surface area contributed by atoms with Gasteiger partial charge in [-0.05, 0) is 43.6 Å². The zero-order chi connectivity index (χ0) is 15.8. The van der Waals surface area contributed by atoms with Gasteiger partial charge < -0.3 is 9.64 Å². The molecule has 22 heavy (non-hydrogen) atoms. The highest BCUT2D eigenvalue weighted by atomic mass is 32.1. The topological polar surface area (TPSA) is 41.6 Å². The van der Waals surface area contributed by atoms with E-state index in [1.165, 1.54) is 12.8 Å². The van der Waals surface area contributed by atoms with Gasteiger partial charge in [0.25, 0.3) is 5.91 Å². The van der Waals surface area contributed by atoms with E-state index in [0.29, 0.717) is 23.0 Å². The van der Waals surface area contributed by atoms with Gasteiger partial charge in [0.05, 0.1) is 12.2 Å². The Labute approximate surface area is 137 Å². The van der Waals surface area contributed by atoms with Crippen LogP contribution in [0.2, 0.25) is 0 Å². The second-order valence-corrected chi connectivity index (χ2v) is 5.89. The molecule has 1 aromatic carbocycles. The maximum Gasteiger partial charge on any atom is 0.261 e. The summed E-state index contributed by atoms with van der Waals surface area (Å²) in [6.45, 7) is 4.48. The van der Waals surface area contributed by atoms with Gasteiger partial charge in [0.2, 0.25) is 0 Å². The van der Waals surface area contributed by atoms with Gasteiger partial charge in [-0.15, -0.1) is 0 Å². The molecule has 1 aliphatic heterocycles. The SMILES string of the molecule is CCCOc1ccccc1C(=O)NC(=S)N1CCCCCC1. The quantitative estimate of drug-likeness (QED) is 0.864. The van der Waals surface area contributed by atoms with Crippen LogP contribution < -0.4 is 10.1 Å². The van der Waals surface area contributed by atoms with Gasteiger partial charge in [-0.1, -0.05) is 31.9 Å². The molecule has 120 valence electrons. The molecule has 1 heterocycles. The lowest BCUT2D eigenvalue weighted by atomic mass is 10.2. The molecule has 1 aromatic rings. The summed E-state index contributed by atoms with van der Waals surface area (Å²) >= 11 is 5.39. The predicted octanol–water partition coefficient (Wildman–Crippen LogP) is 3.37. The molecule has 1 amide bonds. The zero-order valence-electron chi connectivity index (χ0n) is 13.1. The van der Waals surface area contributed by atoms with Crippen molar-refractivity contribution < 1.29 is 9.53 Å². The van der Waals surface area contributed by atoms with E-state index in [0.717, 1.165) is 32.4 Å². The monoisotopic (exact) mass is 320 g/mol. The molecule has 0 aliphatic carbocycles. The van der Waals surface area contributed by atoms with Gasteiger partial charge in [0.1, 0.15) is 5.75 Å². The highest BCUT2D eigenvalue weighted by molar-refractivity contribution is 7.80. The number of likely N-dealkylation sites (tertiary alicyclic amines) is 1. The molecular formula is C17H24N2O2S. The molecular weight excluding hydrogens is 296 g/mol. The number of hydrogen-bond donors (Lipinski definition) is 1. The van der Waals surface area contributed by atoms with Gasteiger partial charge in [-0.3, -0.25) is 10.1 Å². The fraction of sp³-hybridized carbons (Fsp3) is 0.529. The number of carbonyl (C=O) groups is 1. The smallest absolute Gasteiger partial charge is 0.261 e. The Balaban J connectivity index is 2.00. The summed E-state index contributed by atoms with van der Waals surface area (Å²) in [5.41, 5.74) is 0.535. The Morgan fingerprint density at radius 2 is 1.91 bits per heavy atom. The third kappa shape index (κ3) is 4.70. The second-order valence-electron chi connectivity index (χ2n) is 5.51. The number of carbonyl (C=O) groups excluding carboxylic acids is 1. The van der Waals surface area contributed by atoms with Crippen LogP contribution in [-0.2, 0) is 0 Å². The van der Waals surface area contributed by atoms with E-state index >= 15 is 0 Å². The Kier molecular flexibility index (Phi) is 6.65. The van der Waals surface area contributed by atoms with Crippen LogP contribution in [0.5, 0.6) is 5.75 Å². The minimum atomic E-state index is -0.194. The molecule has 2 rings (SSSR count). The Morgan fingerprint density at radius 1 is 1.23 bits per heavy atom. The molecule has 0 atom stereocenters. The van der Waals surface area contributed by atoms with Crippen molar-refractivity contribution in [2.75, 3.05) is 19.7 Å².